The summed E-state index contributed by atoms with van der Waals surface area (Å²) < 4.78 is 0. The van der Waals surface area contributed by atoms with Gasteiger partial charge in [0, 0.05) is 50.5 Å². The molecule has 2 saturated heterocycles. The number of carbonyl (C=O) groups is 1. The number of aromatic amines is 1. The summed E-state index contributed by atoms with van der Waals surface area (Å²) in [5.74, 6) is 0.247. The van der Waals surface area contributed by atoms with E-state index in [1.807, 2.05) is 18.3 Å². The first-order valence-corrected chi connectivity index (χ1v) is 9.24. The zero-order valence-electron chi connectivity index (χ0n) is 14.8. The van der Waals surface area contributed by atoms with Gasteiger partial charge in [-0.25, -0.2) is 4.98 Å². The molecule has 0 spiro atoms. The summed E-state index contributed by atoms with van der Waals surface area (Å²) in [7, 11) is 0. The van der Waals surface area contributed by atoms with E-state index in [0.717, 1.165) is 44.7 Å². The molecule has 26 heavy (non-hydrogen) atoms. The van der Waals surface area contributed by atoms with Gasteiger partial charge in [-0.3, -0.25) is 19.6 Å². The fourth-order valence-electron chi connectivity index (χ4n) is 4.66. The van der Waals surface area contributed by atoms with Crippen LogP contribution in [0.4, 0.5) is 0 Å². The number of carboxylic acid groups (broad SMARTS) is 1. The third-order valence-electron chi connectivity index (χ3n) is 5.86. The molecule has 2 aromatic heterocycles. The van der Waals surface area contributed by atoms with Crippen LogP contribution >= 0.6 is 0 Å². The van der Waals surface area contributed by atoms with Gasteiger partial charge in [-0.2, -0.15) is 0 Å². The number of nitrogens with one attached hydrogen (secondary N) is 1. The summed E-state index contributed by atoms with van der Waals surface area (Å²) in [6, 6.07) is 4.07. The quantitative estimate of drug-likeness (QED) is 0.850. The Kier molecular flexibility index (Phi) is 4.74. The fourth-order valence-corrected chi connectivity index (χ4v) is 4.66. The Bertz CT molecular complexity index is 736. The summed E-state index contributed by atoms with van der Waals surface area (Å²) in [5.41, 5.74) is 0.484. The molecule has 2 aliphatic heterocycles. The largest absolute Gasteiger partial charge is 0.481 e. The lowest BCUT2D eigenvalue weighted by molar-refractivity contribution is -0.165. The smallest absolute Gasteiger partial charge is 0.312 e. The molecule has 2 aromatic rings. The highest BCUT2D eigenvalue weighted by atomic mass is 16.4. The Morgan fingerprint density at radius 3 is 2.85 bits per heavy atom. The van der Waals surface area contributed by atoms with Gasteiger partial charge >= 0.3 is 5.97 Å². The van der Waals surface area contributed by atoms with Crippen LogP contribution in [0.25, 0.3) is 0 Å². The standard InChI is InChI=1S/C19H25N5O2/c25-18(26)19-5-1-10-24(13-17-21-8-9-22-17)16(19)4-11-23(14-19)12-15-2-6-20-7-3-15/h2-3,6-9,16H,1,4-5,10-14H2,(H,21,22)(H,25,26). The summed E-state index contributed by atoms with van der Waals surface area (Å²) >= 11 is 0. The second-order valence-corrected chi connectivity index (χ2v) is 7.44. The third kappa shape index (κ3) is 3.24. The molecule has 2 atom stereocenters. The van der Waals surface area contributed by atoms with Gasteiger partial charge in [-0.1, -0.05) is 0 Å². The Balaban J connectivity index is 1.53. The van der Waals surface area contributed by atoms with E-state index in [4.69, 9.17) is 0 Å². The normalized spacial score (nSPS) is 27.2. The number of likely N-dealkylation sites (tertiary alicyclic amines) is 2. The maximum Gasteiger partial charge on any atom is 0.312 e. The first kappa shape index (κ1) is 17.2. The number of imidazole rings is 1. The number of piperidine rings is 2. The van der Waals surface area contributed by atoms with Crippen LogP contribution in [0.15, 0.2) is 36.9 Å². The van der Waals surface area contributed by atoms with Crippen molar-refractivity contribution in [2.45, 2.75) is 38.4 Å². The zero-order chi connectivity index (χ0) is 18.0. The van der Waals surface area contributed by atoms with Crippen molar-refractivity contribution >= 4 is 5.97 Å². The van der Waals surface area contributed by atoms with Crippen LogP contribution in [0, 0.1) is 5.41 Å². The zero-order valence-corrected chi connectivity index (χ0v) is 14.8. The second-order valence-electron chi connectivity index (χ2n) is 7.44. The summed E-state index contributed by atoms with van der Waals surface area (Å²) in [5, 5.41) is 10.2. The molecule has 4 heterocycles. The Morgan fingerprint density at radius 2 is 2.12 bits per heavy atom. The molecule has 138 valence electrons. The Morgan fingerprint density at radius 1 is 1.27 bits per heavy atom. The molecule has 2 unspecified atom stereocenters. The van der Waals surface area contributed by atoms with Crippen molar-refractivity contribution in [2.24, 2.45) is 5.41 Å². The SMILES string of the molecule is O=C(O)C12CCCN(Cc3ncc[nH]3)C1CCN(Cc1ccncc1)C2. The van der Waals surface area contributed by atoms with Crippen LogP contribution in [0.2, 0.25) is 0 Å². The molecular weight excluding hydrogens is 330 g/mol. The second kappa shape index (κ2) is 7.17. The number of H-pyrrole nitrogens is 1. The maximum atomic E-state index is 12.4. The lowest BCUT2D eigenvalue weighted by atomic mass is 9.69. The number of aromatic nitrogens is 3. The maximum absolute atomic E-state index is 12.4. The Hall–Kier alpha value is -2.25. The molecule has 0 saturated carbocycles. The van der Waals surface area contributed by atoms with E-state index in [0.29, 0.717) is 13.1 Å². The topological polar surface area (TPSA) is 85.3 Å². The van der Waals surface area contributed by atoms with E-state index in [1.54, 1.807) is 18.6 Å². The van der Waals surface area contributed by atoms with Crippen LogP contribution in [-0.4, -0.2) is 61.5 Å². The van der Waals surface area contributed by atoms with Crippen LogP contribution in [0.1, 0.15) is 30.7 Å². The van der Waals surface area contributed by atoms with Crippen LogP contribution < -0.4 is 0 Å². The van der Waals surface area contributed by atoms with Gasteiger partial charge in [0.05, 0.1) is 12.0 Å². The minimum atomic E-state index is -0.698. The van der Waals surface area contributed by atoms with Gasteiger partial charge < -0.3 is 10.1 Å². The minimum Gasteiger partial charge on any atom is -0.481 e. The predicted octanol–water partition coefficient (Wildman–Crippen LogP) is 1.75. The molecule has 0 amide bonds. The van der Waals surface area contributed by atoms with Crippen LogP contribution in [0.5, 0.6) is 0 Å². The highest BCUT2D eigenvalue weighted by Crippen LogP contribution is 2.42. The van der Waals surface area contributed by atoms with Gasteiger partial charge in [0.15, 0.2) is 0 Å². The van der Waals surface area contributed by atoms with Gasteiger partial charge in [-0.15, -0.1) is 0 Å². The van der Waals surface area contributed by atoms with E-state index in [-0.39, 0.29) is 6.04 Å². The van der Waals surface area contributed by atoms with E-state index >= 15 is 0 Å². The number of carboxylic acids is 1. The molecule has 2 aliphatic rings. The molecule has 2 N–H and O–H groups in total. The van der Waals surface area contributed by atoms with Gasteiger partial charge in [0.1, 0.15) is 5.82 Å². The first-order chi connectivity index (χ1) is 12.7. The van der Waals surface area contributed by atoms with Crippen molar-refractivity contribution in [3.63, 3.8) is 0 Å². The molecule has 7 heteroatoms. The molecule has 4 rings (SSSR count). The third-order valence-corrected chi connectivity index (χ3v) is 5.86. The molecule has 0 aromatic carbocycles. The number of nitrogens with zero attached hydrogens (tertiary/aromatic N) is 4. The van der Waals surface area contributed by atoms with Gasteiger partial charge in [0.25, 0.3) is 0 Å². The van der Waals surface area contributed by atoms with E-state index < -0.39 is 11.4 Å². The van der Waals surface area contributed by atoms with Gasteiger partial charge in [0.2, 0.25) is 0 Å². The van der Waals surface area contributed by atoms with E-state index in [2.05, 4.69) is 24.8 Å². The van der Waals surface area contributed by atoms with Crippen molar-refractivity contribution in [1.82, 2.24) is 24.8 Å². The summed E-state index contributed by atoms with van der Waals surface area (Å²) in [4.78, 5) is 28.5. The van der Waals surface area contributed by atoms with E-state index in [9.17, 15) is 9.90 Å². The number of pyridine rings is 1. The van der Waals surface area contributed by atoms with Crippen LogP contribution in [0.3, 0.4) is 0 Å². The number of aliphatic carboxylic acids is 1. The lowest BCUT2D eigenvalue weighted by Crippen LogP contribution is -2.63. The fraction of sp³-hybridized carbons (Fsp3) is 0.526. The molecule has 0 aliphatic carbocycles. The predicted molar refractivity (Wildman–Crippen MR) is 96.2 cm³/mol. The average molecular weight is 355 g/mol. The number of hydrogen-bond donors (Lipinski definition) is 2. The Labute approximate surface area is 153 Å². The minimum absolute atomic E-state index is 0.0625. The number of hydrogen-bond acceptors (Lipinski definition) is 5. The molecule has 0 bridgehead atoms. The average Bonchev–Trinajstić information content (AvgIpc) is 3.15. The monoisotopic (exact) mass is 355 g/mol. The summed E-state index contributed by atoms with van der Waals surface area (Å²) in [6.07, 6.45) is 9.68. The highest BCUT2D eigenvalue weighted by molar-refractivity contribution is 5.76. The van der Waals surface area contributed by atoms with Crippen molar-refractivity contribution in [1.29, 1.82) is 0 Å². The van der Waals surface area contributed by atoms with Crippen LogP contribution in [-0.2, 0) is 17.9 Å². The number of rotatable bonds is 5. The lowest BCUT2D eigenvalue weighted by Gasteiger charge is -2.52. The molecular formula is C19H25N5O2. The highest BCUT2D eigenvalue weighted by Gasteiger charge is 2.53. The first-order valence-electron chi connectivity index (χ1n) is 9.24. The number of fused-ring (bicyclic) bond motifs is 1. The van der Waals surface area contributed by atoms with Gasteiger partial charge in [-0.05, 0) is 43.5 Å². The van der Waals surface area contributed by atoms with Crippen molar-refractivity contribution in [2.75, 3.05) is 19.6 Å². The molecule has 7 nitrogen and oxygen atoms in total. The van der Waals surface area contributed by atoms with Crippen molar-refractivity contribution in [3.8, 4) is 0 Å². The molecule has 2 fully saturated rings. The molecule has 0 radical (unpaired) electrons. The van der Waals surface area contributed by atoms with Crippen molar-refractivity contribution in [3.05, 3.63) is 48.3 Å². The van der Waals surface area contributed by atoms with E-state index in [1.165, 1.54) is 5.56 Å². The van der Waals surface area contributed by atoms with Crippen molar-refractivity contribution < 1.29 is 9.90 Å². The summed E-state index contributed by atoms with van der Waals surface area (Å²) in [6.45, 7) is 3.92.